The second-order valence-electron chi connectivity index (χ2n) is 8.50. The van der Waals surface area contributed by atoms with Gasteiger partial charge in [0.15, 0.2) is 0 Å². The number of amides is 2. The number of carbonyl (C=O) groups excluding carboxylic acids is 2. The molecule has 35 heavy (non-hydrogen) atoms. The summed E-state index contributed by atoms with van der Waals surface area (Å²) in [5.74, 6) is -1.66. The van der Waals surface area contributed by atoms with Crippen LogP contribution in [0, 0.1) is 0 Å². The number of hydrogen-bond acceptors (Lipinski definition) is 4. The lowest BCUT2D eigenvalue weighted by atomic mass is 9.98. The second-order valence-corrected chi connectivity index (χ2v) is 8.50. The van der Waals surface area contributed by atoms with Crippen molar-refractivity contribution in [2.75, 3.05) is 11.9 Å². The average Bonchev–Trinajstić information content (AvgIpc) is 3.19. The van der Waals surface area contributed by atoms with Gasteiger partial charge in [-0.15, -0.1) is 0 Å². The van der Waals surface area contributed by atoms with Crippen LogP contribution in [0.25, 0.3) is 11.1 Å². The third kappa shape index (κ3) is 5.69. The third-order valence-corrected chi connectivity index (χ3v) is 6.20. The molecule has 1 atom stereocenters. The quantitative estimate of drug-likeness (QED) is 0.408. The first-order chi connectivity index (χ1) is 17.0. The molecule has 7 nitrogen and oxygen atoms in total. The number of carboxylic acids is 1. The van der Waals surface area contributed by atoms with Crippen LogP contribution in [0.1, 0.15) is 42.4 Å². The summed E-state index contributed by atoms with van der Waals surface area (Å²) < 4.78 is 5.54. The molecule has 0 radical (unpaired) electrons. The van der Waals surface area contributed by atoms with E-state index in [0.29, 0.717) is 5.69 Å². The maximum absolute atomic E-state index is 12.9. The molecule has 0 saturated carbocycles. The fourth-order valence-electron chi connectivity index (χ4n) is 4.42. The molecular formula is C28H28N2O5. The molecule has 1 aliphatic carbocycles. The Labute approximate surface area is 204 Å². The van der Waals surface area contributed by atoms with Gasteiger partial charge in [0.05, 0.1) is 0 Å². The van der Waals surface area contributed by atoms with E-state index in [2.05, 4.69) is 10.6 Å². The molecule has 0 aliphatic heterocycles. The molecule has 0 bridgehead atoms. The number of benzene rings is 3. The molecule has 2 amide bonds. The molecule has 3 aromatic rings. The van der Waals surface area contributed by atoms with Gasteiger partial charge < -0.3 is 20.5 Å². The topological polar surface area (TPSA) is 105 Å². The first-order valence-electron chi connectivity index (χ1n) is 11.7. The number of fused-ring (bicyclic) bond motifs is 3. The summed E-state index contributed by atoms with van der Waals surface area (Å²) >= 11 is 0. The van der Waals surface area contributed by atoms with Crippen molar-refractivity contribution in [3.8, 4) is 11.1 Å². The predicted molar refractivity (Wildman–Crippen MR) is 133 cm³/mol. The number of carboxylic acid groups (broad SMARTS) is 1. The zero-order chi connectivity index (χ0) is 24.8. The number of ether oxygens (including phenoxy) is 1. The Morgan fingerprint density at radius 3 is 2.23 bits per heavy atom. The Balaban J connectivity index is 1.42. The van der Waals surface area contributed by atoms with Gasteiger partial charge in [-0.2, -0.15) is 0 Å². The normalized spacial score (nSPS) is 12.8. The summed E-state index contributed by atoms with van der Waals surface area (Å²) in [4.78, 5) is 36.7. The van der Waals surface area contributed by atoms with Crippen molar-refractivity contribution in [3.05, 3.63) is 89.5 Å². The average molecular weight is 473 g/mol. The minimum atomic E-state index is -1.05. The summed E-state index contributed by atoms with van der Waals surface area (Å²) in [5.41, 5.74) is 6.03. The Kier molecular flexibility index (Phi) is 7.45. The first-order valence-corrected chi connectivity index (χ1v) is 11.7. The molecule has 1 aliphatic rings. The second kappa shape index (κ2) is 10.9. The number of aliphatic carboxylic acids is 1. The van der Waals surface area contributed by atoms with Crippen molar-refractivity contribution in [1.82, 2.24) is 5.32 Å². The molecule has 0 spiro atoms. The van der Waals surface area contributed by atoms with Gasteiger partial charge in [-0.25, -0.2) is 4.79 Å². The van der Waals surface area contributed by atoms with Gasteiger partial charge in [-0.05, 0) is 52.8 Å². The fraction of sp³-hybridized carbons (Fsp3) is 0.250. The molecule has 3 N–H and O–H groups in total. The van der Waals surface area contributed by atoms with Gasteiger partial charge in [-0.1, -0.05) is 67.6 Å². The van der Waals surface area contributed by atoms with Crippen molar-refractivity contribution in [2.24, 2.45) is 0 Å². The van der Waals surface area contributed by atoms with E-state index in [4.69, 9.17) is 9.84 Å². The molecule has 7 heteroatoms. The SMILES string of the molecule is CCc1cccc(NC(=O)C(CCC(=O)O)NC(=O)OCC2c3ccccc3-c3ccccc32)c1. The van der Waals surface area contributed by atoms with E-state index >= 15 is 0 Å². The number of alkyl carbamates (subject to hydrolysis) is 1. The van der Waals surface area contributed by atoms with Crippen molar-refractivity contribution in [2.45, 2.75) is 38.1 Å². The maximum Gasteiger partial charge on any atom is 0.407 e. The van der Waals surface area contributed by atoms with Crippen LogP contribution in [0.5, 0.6) is 0 Å². The smallest absolute Gasteiger partial charge is 0.407 e. The molecule has 0 aromatic heterocycles. The van der Waals surface area contributed by atoms with Crippen molar-refractivity contribution >= 4 is 23.7 Å². The van der Waals surface area contributed by atoms with E-state index < -0.39 is 24.0 Å². The number of aryl methyl sites for hydroxylation is 1. The Bertz CT molecular complexity index is 1190. The van der Waals surface area contributed by atoms with Gasteiger partial charge in [0.1, 0.15) is 12.6 Å². The third-order valence-electron chi connectivity index (χ3n) is 6.20. The highest BCUT2D eigenvalue weighted by molar-refractivity contribution is 5.96. The zero-order valence-corrected chi connectivity index (χ0v) is 19.5. The van der Waals surface area contributed by atoms with Crippen LogP contribution in [0.15, 0.2) is 72.8 Å². The number of nitrogens with one attached hydrogen (secondary N) is 2. The van der Waals surface area contributed by atoms with E-state index in [-0.39, 0.29) is 25.4 Å². The Morgan fingerprint density at radius 1 is 0.943 bits per heavy atom. The lowest BCUT2D eigenvalue weighted by Crippen LogP contribution is -2.44. The van der Waals surface area contributed by atoms with Crippen molar-refractivity contribution in [3.63, 3.8) is 0 Å². The van der Waals surface area contributed by atoms with Gasteiger partial charge in [0.25, 0.3) is 0 Å². The van der Waals surface area contributed by atoms with Crippen LogP contribution in [0.2, 0.25) is 0 Å². The van der Waals surface area contributed by atoms with Crippen molar-refractivity contribution in [1.29, 1.82) is 0 Å². The van der Waals surface area contributed by atoms with E-state index in [1.165, 1.54) is 0 Å². The molecule has 4 rings (SSSR count). The van der Waals surface area contributed by atoms with Gasteiger partial charge in [0, 0.05) is 18.0 Å². The summed E-state index contributed by atoms with van der Waals surface area (Å²) in [6, 6.07) is 22.3. The van der Waals surface area contributed by atoms with Crippen LogP contribution >= 0.6 is 0 Å². The number of carbonyl (C=O) groups is 3. The van der Waals surface area contributed by atoms with Crippen molar-refractivity contribution < 1.29 is 24.2 Å². The van der Waals surface area contributed by atoms with E-state index in [0.717, 1.165) is 34.2 Å². The molecule has 0 fully saturated rings. The molecule has 180 valence electrons. The Morgan fingerprint density at radius 2 is 1.60 bits per heavy atom. The maximum atomic E-state index is 12.9. The monoisotopic (exact) mass is 472 g/mol. The highest BCUT2D eigenvalue weighted by Crippen LogP contribution is 2.44. The highest BCUT2D eigenvalue weighted by Gasteiger charge is 2.30. The van der Waals surface area contributed by atoms with E-state index in [1.54, 1.807) is 6.07 Å². The zero-order valence-electron chi connectivity index (χ0n) is 19.5. The minimum Gasteiger partial charge on any atom is -0.481 e. The summed E-state index contributed by atoms with van der Waals surface area (Å²) in [6.07, 6.45) is -0.278. The standard InChI is InChI=1S/C28H28N2O5/c1-2-18-8-7-9-19(16-18)29-27(33)25(14-15-26(31)32)30-28(34)35-17-24-22-12-5-3-10-20(22)21-11-4-6-13-23(21)24/h3-13,16,24-25H,2,14-15,17H2,1H3,(H,29,33)(H,30,34)(H,31,32). The number of rotatable bonds is 9. The lowest BCUT2D eigenvalue weighted by molar-refractivity contribution is -0.137. The molecule has 0 heterocycles. The number of anilines is 1. The van der Waals surface area contributed by atoms with Gasteiger partial charge in [0.2, 0.25) is 5.91 Å². The van der Waals surface area contributed by atoms with Crippen LogP contribution < -0.4 is 10.6 Å². The van der Waals surface area contributed by atoms with Gasteiger partial charge >= 0.3 is 12.1 Å². The molecular weight excluding hydrogens is 444 g/mol. The van der Waals surface area contributed by atoms with Crippen LogP contribution in [-0.2, 0) is 20.7 Å². The summed E-state index contributed by atoms with van der Waals surface area (Å²) in [7, 11) is 0. The predicted octanol–water partition coefficient (Wildman–Crippen LogP) is 4.96. The van der Waals surface area contributed by atoms with E-state index in [1.807, 2.05) is 73.7 Å². The van der Waals surface area contributed by atoms with E-state index in [9.17, 15) is 14.4 Å². The summed E-state index contributed by atoms with van der Waals surface area (Å²) in [6.45, 7) is 2.11. The first kappa shape index (κ1) is 24.0. The van der Waals surface area contributed by atoms with Crippen LogP contribution in [-0.4, -0.2) is 35.7 Å². The lowest BCUT2D eigenvalue weighted by Gasteiger charge is -2.19. The largest absolute Gasteiger partial charge is 0.481 e. The fourth-order valence-corrected chi connectivity index (χ4v) is 4.42. The molecule has 1 unspecified atom stereocenters. The minimum absolute atomic E-state index is 0.0567. The highest BCUT2D eigenvalue weighted by atomic mass is 16.5. The van der Waals surface area contributed by atoms with Crippen LogP contribution in [0.4, 0.5) is 10.5 Å². The van der Waals surface area contributed by atoms with Crippen LogP contribution in [0.3, 0.4) is 0 Å². The summed E-state index contributed by atoms with van der Waals surface area (Å²) in [5, 5.41) is 14.4. The van der Waals surface area contributed by atoms with Gasteiger partial charge in [-0.3, -0.25) is 9.59 Å². The molecule has 3 aromatic carbocycles. The number of hydrogen-bond donors (Lipinski definition) is 3. The molecule has 0 saturated heterocycles. The Hall–Kier alpha value is -4.13.